The zero-order valence-corrected chi connectivity index (χ0v) is 12.9. The van der Waals surface area contributed by atoms with Crippen LogP contribution in [0.3, 0.4) is 0 Å². The fraction of sp³-hybridized carbons (Fsp3) is 0.294. The van der Waals surface area contributed by atoms with Crippen LogP contribution >= 0.6 is 0 Å². The van der Waals surface area contributed by atoms with Gasteiger partial charge in [-0.1, -0.05) is 12.1 Å². The van der Waals surface area contributed by atoms with Gasteiger partial charge >= 0.3 is 5.97 Å². The van der Waals surface area contributed by atoms with Crippen LogP contribution in [0.2, 0.25) is 0 Å². The third kappa shape index (κ3) is 5.18. The van der Waals surface area contributed by atoms with Crippen molar-refractivity contribution in [1.82, 2.24) is 4.57 Å². The van der Waals surface area contributed by atoms with Crippen LogP contribution < -0.4 is 15.0 Å². The average Bonchev–Trinajstić information content (AvgIpc) is 2.51. The van der Waals surface area contributed by atoms with Crippen LogP contribution in [0.5, 0.6) is 11.5 Å². The van der Waals surface area contributed by atoms with Crippen molar-refractivity contribution in [3.05, 3.63) is 58.5 Å². The first-order chi connectivity index (χ1) is 11.1. The van der Waals surface area contributed by atoms with Crippen LogP contribution in [0.4, 0.5) is 0 Å². The average molecular weight is 317 g/mol. The van der Waals surface area contributed by atoms with Gasteiger partial charge < -0.3 is 19.1 Å². The highest BCUT2D eigenvalue weighted by molar-refractivity contribution is 5.66. The number of carboxylic acid groups (broad SMARTS) is 1. The van der Waals surface area contributed by atoms with Crippen LogP contribution in [-0.4, -0.2) is 28.9 Å². The van der Waals surface area contributed by atoms with E-state index in [4.69, 9.17) is 14.6 Å². The lowest BCUT2D eigenvalue weighted by molar-refractivity contribution is -0.137. The number of carboxylic acids is 1. The Bertz CT molecular complexity index is 723. The van der Waals surface area contributed by atoms with Crippen molar-refractivity contribution in [3.8, 4) is 11.5 Å². The van der Waals surface area contributed by atoms with E-state index >= 15 is 0 Å². The Balaban J connectivity index is 1.87. The first-order valence-electron chi connectivity index (χ1n) is 7.30. The fourth-order valence-electron chi connectivity index (χ4n) is 2.03. The second-order valence-electron chi connectivity index (χ2n) is 5.03. The number of hydrogen-bond acceptors (Lipinski definition) is 4. The molecular weight excluding hydrogens is 298 g/mol. The number of hydrogen-bond donors (Lipinski definition) is 1. The Morgan fingerprint density at radius 1 is 1.17 bits per heavy atom. The predicted octanol–water partition coefficient (Wildman–Crippen LogP) is 2.09. The molecule has 0 atom stereocenters. The SMILES string of the molecule is Cc1cccc(OCCOc2cccn(CCC(=O)O)c2=O)c1. The van der Waals surface area contributed by atoms with Crippen molar-refractivity contribution in [2.75, 3.05) is 13.2 Å². The fourth-order valence-corrected chi connectivity index (χ4v) is 2.03. The minimum Gasteiger partial charge on any atom is -0.490 e. The molecule has 23 heavy (non-hydrogen) atoms. The van der Waals surface area contributed by atoms with Crippen molar-refractivity contribution in [1.29, 1.82) is 0 Å². The maximum Gasteiger partial charge on any atom is 0.305 e. The maximum atomic E-state index is 12.1. The van der Waals surface area contributed by atoms with Crippen LogP contribution in [-0.2, 0) is 11.3 Å². The topological polar surface area (TPSA) is 77.8 Å². The number of aromatic nitrogens is 1. The zero-order valence-electron chi connectivity index (χ0n) is 12.9. The monoisotopic (exact) mass is 317 g/mol. The lowest BCUT2D eigenvalue weighted by Gasteiger charge is -2.10. The summed E-state index contributed by atoms with van der Waals surface area (Å²) < 4.78 is 12.3. The Kier molecular flexibility index (Phi) is 5.80. The summed E-state index contributed by atoms with van der Waals surface area (Å²) in [4.78, 5) is 22.7. The number of aryl methyl sites for hydroxylation is 2. The standard InChI is InChI=1S/C17H19NO5/c1-13-4-2-5-14(12-13)22-10-11-23-15-6-3-8-18(17(15)21)9-7-16(19)20/h2-6,8,12H,7,9-11H2,1H3,(H,19,20). The van der Waals surface area contributed by atoms with E-state index in [0.717, 1.165) is 11.3 Å². The number of nitrogens with zero attached hydrogens (tertiary/aromatic N) is 1. The molecule has 1 aromatic heterocycles. The van der Waals surface area contributed by atoms with E-state index < -0.39 is 5.97 Å². The van der Waals surface area contributed by atoms with Crippen molar-refractivity contribution in [2.45, 2.75) is 19.9 Å². The summed E-state index contributed by atoms with van der Waals surface area (Å²) in [7, 11) is 0. The first-order valence-corrected chi connectivity index (χ1v) is 7.30. The van der Waals surface area contributed by atoms with Crippen molar-refractivity contribution in [3.63, 3.8) is 0 Å². The largest absolute Gasteiger partial charge is 0.490 e. The van der Waals surface area contributed by atoms with Crippen LogP contribution in [0.15, 0.2) is 47.4 Å². The van der Waals surface area contributed by atoms with Gasteiger partial charge in [0.15, 0.2) is 5.75 Å². The lowest BCUT2D eigenvalue weighted by atomic mass is 10.2. The van der Waals surface area contributed by atoms with Crippen LogP contribution in [0.1, 0.15) is 12.0 Å². The zero-order chi connectivity index (χ0) is 16.7. The van der Waals surface area contributed by atoms with Gasteiger partial charge in [-0.2, -0.15) is 0 Å². The van der Waals surface area contributed by atoms with E-state index in [1.807, 2.05) is 31.2 Å². The summed E-state index contributed by atoms with van der Waals surface area (Å²) in [6.07, 6.45) is 1.43. The lowest BCUT2D eigenvalue weighted by Crippen LogP contribution is -2.23. The molecule has 0 radical (unpaired) electrons. The highest BCUT2D eigenvalue weighted by atomic mass is 16.5. The van der Waals surface area contributed by atoms with E-state index in [9.17, 15) is 9.59 Å². The van der Waals surface area contributed by atoms with Crippen LogP contribution in [0, 0.1) is 6.92 Å². The van der Waals surface area contributed by atoms with E-state index in [0.29, 0.717) is 6.61 Å². The van der Waals surface area contributed by atoms with Gasteiger partial charge in [0.25, 0.3) is 5.56 Å². The Morgan fingerprint density at radius 2 is 1.96 bits per heavy atom. The minimum atomic E-state index is -0.949. The summed E-state index contributed by atoms with van der Waals surface area (Å²) in [5.74, 6) is -0.0129. The molecule has 0 spiro atoms. The minimum absolute atomic E-state index is 0.111. The Labute approximate surface area is 133 Å². The summed E-state index contributed by atoms with van der Waals surface area (Å²) >= 11 is 0. The molecule has 0 fully saturated rings. The van der Waals surface area contributed by atoms with E-state index in [1.54, 1.807) is 18.3 Å². The number of benzene rings is 1. The maximum absolute atomic E-state index is 12.1. The van der Waals surface area contributed by atoms with Crippen molar-refractivity contribution >= 4 is 5.97 Å². The molecule has 122 valence electrons. The Morgan fingerprint density at radius 3 is 2.70 bits per heavy atom. The smallest absolute Gasteiger partial charge is 0.305 e. The molecular formula is C17H19NO5. The van der Waals surface area contributed by atoms with Gasteiger partial charge in [0.05, 0.1) is 6.42 Å². The number of carbonyl (C=O) groups is 1. The number of pyridine rings is 1. The van der Waals surface area contributed by atoms with Gasteiger partial charge in [-0.05, 0) is 36.8 Å². The molecule has 0 unspecified atom stereocenters. The van der Waals surface area contributed by atoms with Crippen molar-refractivity contribution in [2.24, 2.45) is 0 Å². The van der Waals surface area contributed by atoms with E-state index in [1.165, 1.54) is 4.57 Å². The molecule has 0 aliphatic heterocycles. The normalized spacial score (nSPS) is 10.3. The molecule has 0 saturated heterocycles. The van der Waals surface area contributed by atoms with Gasteiger partial charge in [-0.25, -0.2) is 0 Å². The molecule has 1 aromatic carbocycles. The molecule has 2 rings (SSSR count). The van der Waals surface area contributed by atoms with Crippen LogP contribution in [0.25, 0.3) is 0 Å². The highest BCUT2D eigenvalue weighted by Crippen LogP contribution is 2.12. The quantitative estimate of drug-likeness (QED) is 0.754. The highest BCUT2D eigenvalue weighted by Gasteiger charge is 2.06. The first kappa shape index (κ1) is 16.6. The second-order valence-corrected chi connectivity index (χ2v) is 5.03. The summed E-state index contributed by atoms with van der Waals surface area (Å²) in [6.45, 7) is 2.64. The summed E-state index contributed by atoms with van der Waals surface area (Å²) in [5, 5.41) is 8.67. The molecule has 6 heteroatoms. The van der Waals surface area contributed by atoms with Gasteiger partial charge in [0.1, 0.15) is 19.0 Å². The number of aliphatic carboxylic acids is 1. The third-order valence-electron chi connectivity index (χ3n) is 3.15. The summed E-state index contributed by atoms with van der Waals surface area (Å²) in [6, 6.07) is 10.9. The number of rotatable bonds is 8. The summed E-state index contributed by atoms with van der Waals surface area (Å²) in [5.41, 5.74) is 0.761. The molecule has 2 aromatic rings. The van der Waals surface area contributed by atoms with Gasteiger partial charge in [0.2, 0.25) is 0 Å². The molecule has 0 aliphatic carbocycles. The second kappa shape index (κ2) is 8.03. The van der Waals surface area contributed by atoms with Gasteiger partial charge in [-0.15, -0.1) is 0 Å². The molecule has 6 nitrogen and oxygen atoms in total. The molecule has 0 amide bonds. The predicted molar refractivity (Wildman–Crippen MR) is 85.1 cm³/mol. The molecule has 1 N–H and O–H groups in total. The molecule has 0 bridgehead atoms. The van der Waals surface area contributed by atoms with Gasteiger partial charge in [-0.3, -0.25) is 9.59 Å². The molecule has 1 heterocycles. The van der Waals surface area contributed by atoms with E-state index in [2.05, 4.69) is 0 Å². The van der Waals surface area contributed by atoms with Gasteiger partial charge in [0, 0.05) is 12.7 Å². The molecule has 0 saturated carbocycles. The third-order valence-corrected chi connectivity index (χ3v) is 3.15. The van der Waals surface area contributed by atoms with E-state index in [-0.39, 0.29) is 30.9 Å². The number of ether oxygens (including phenoxy) is 2. The molecule has 0 aliphatic rings. The Hall–Kier alpha value is -2.76. The van der Waals surface area contributed by atoms with Crippen molar-refractivity contribution < 1.29 is 19.4 Å².